The lowest BCUT2D eigenvalue weighted by Gasteiger charge is -2.54. The molecule has 0 atom stereocenters. The molecule has 4 aliphatic rings. The largest absolute Gasteiger partial charge is 0.508 e. The Morgan fingerprint density at radius 3 is 2.19 bits per heavy atom. The van der Waals surface area contributed by atoms with Gasteiger partial charge in [0.25, 0.3) is 0 Å². The van der Waals surface area contributed by atoms with E-state index in [1.165, 1.54) is 32.1 Å². The molecule has 4 aliphatic carbocycles. The maximum atomic E-state index is 9.26. The number of hydrogen-bond donors (Lipinski definition) is 2. The summed E-state index contributed by atoms with van der Waals surface area (Å²) in [5.41, 5.74) is 1.04. The summed E-state index contributed by atoms with van der Waals surface area (Å²) in [5, 5.41) is 12.6. The van der Waals surface area contributed by atoms with E-state index in [9.17, 15) is 5.11 Å². The molecule has 4 bridgehead atoms. The maximum absolute atomic E-state index is 9.26. The van der Waals surface area contributed by atoms with Crippen molar-refractivity contribution < 1.29 is 9.84 Å². The number of anilines is 1. The number of rotatable bonds is 5. The molecule has 1 aromatic rings. The first-order valence-corrected chi connectivity index (χ1v) is 8.42. The summed E-state index contributed by atoms with van der Waals surface area (Å²) in [6.45, 7) is 1.63. The van der Waals surface area contributed by atoms with Gasteiger partial charge in [-0.3, -0.25) is 0 Å². The van der Waals surface area contributed by atoms with Gasteiger partial charge in [0.05, 0.1) is 12.7 Å². The molecule has 0 spiro atoms. The molecule has 0 aromatic heterocycles. The number of ether oxygens (including phenoxy) is 1. The molecule has 0 saturated heterocycles. The van der Waals surface area contributed by atoms with Crippen molar-refractivity contribution in [2.45, 2.75) is 38.2 Å². The standard InChI is InChI=1S/C18H25NO2/c20-17-3-1-16(2-4-17)19-5-6-21-18-14-8-12-7-13(10-14)11-15(18)9-12/h1-4,12-15,18-20H,5-11H2. The number of nitrogens with one attached hydrogen (secondary N) is 1. The summed E-state index contributed by atoms with van der Waals surface area (Å²) in [6, 6.07) is 7.22. The lowest BCUT2D eigenvalue weighted by Crippen LogP contribution is -2.49. The molecule has 0 aliphatic heterocycles. The average Bonchev–Trinajstić information content (AvgIpc) is 2.47. The van der Waals surface area contributed by atoms with Crippen LogP contribution in [-0.4, -0.2) is 24.4 Å². The Kier molecular flexibility index (Phi) is 3.54. The highest BCUT2D eigenvalue weighted by atomic mass is 16.5. The SMILES string of the molecule is Oc1ccc(NCCOC2C3CC4CC(C3)CC2C4)cc1. The molecule has 4 fully saturated rings. The van der Waals surface area contributed by atoms with Gasteiger partial charge in [0.2, 0.25) is 0 Å². The van der Waals surface area contributed by atoms with Crippen LogP contribution in [0.5, 0.6) is 5.75 Å². The second-order valence-corrected chi connectivity index (χ2v) is 7.24. The van der Waals surface area contributed by atoms with Crippen LogP contribution in [0.25, 0.3) is 0 Å². The van der Waals surface area contributed by atoms with Gasteiger partial charge >= 0.3 is 0 Å². The molecule has 0 heterocycles. The minimum Gasteiger partial charge on any atom is -0.508 e. The van der Waals surface area contributed by atoms with Crippen LogP contribution in [0, 0.1) is 23.7 Å². The second-order valence-electron chi connectivity index (χ2n) is 7.24. The van der Waals surface area contributed by atoms with E-state index in [2.05, 4.69) is 5.32 Å². The first-order chi connectivity index (χ1) is 10.3. The molecule has 114 valence electrons. The van der Waals surface area contributed by atoms with Crippen LogP contribution >= 0.6 is 0 Å². The molecule has 1 aromatic carbocycles. The van der Waals surface area contributed by atoms with Crippen LogP contribution in [0.15, 0.2) is 24.3 Å². The van der Waals surface area contributed by atoms with Crippen molar-refractivity contribution in [3.63, 3.8) is 0 Å². The summed E-state index contributed by atoms with van der Waals surface area (Å²) < 4.78 is 6.25. The van der Waals surface area contributed by atoms with Gasteiger partial charge in [-0.1, -0.05) is 0 Å². The zero-order chi connectivity index (χ0) is 14.2. The highest BCUT2D eigenvalue weighted by molar-refractivity contribution is 5.45. The number of phenols is 1. The van der Waals surface area contributed by atoms with E-state index < -0.39 is 0 Å². The highest BCUT2D eigenvalue weighted by Crippen LogP contribution is 2.54. The van der Waals surface area contributed by atoms with Crippen LogP contribution in [-0.2, 0) is 4.74 Å². The zero-order valence-electron chi connectivity index (χ0n) is 12.5. The molecular weight excluding hydrogens is 262 g/mol. The topological polar surface area (TPSA) is 41.5 Å². The number of aromatic hydroxyl groups is 1. The predicted octanol–water partition coefficient (Wildman–Crippen LogP) is 3.65. The third-order valence-corrected chi connectivity index (χ3v) is 5.75. The van der Waals surface area contributed by atoms with E-state index in [0.717, 1.165) is 42.5 Å². The quantitative estimate of drug-likeness (QED) is 0.641. The van der Waals surface area contributed by atoms with E-state index in [0.29, 0.717) is 11.9 Å². The first-order valence-electron chi connectivity index (χ1n) is 8.42. The Labute approximate surface area is 126 Å². The number of benzene rings is 1. The molecule has 0 unspecified atom stereocenters. The van der Waals surface area contributed by atoms with Gasteiger partial charge in [-0.25, -0.2) is 0 Å². The van der Waals surface area contributed by atoms with Crippen molar-refractivity contribution >= 4 is 5.69 Å². The summed E-state index contributed by atoms with van der Waals surface area (Å²) >= 11 is 0. The summed E-state index contributed by atoms with van der Waals surface area (Å²) in [5.74, 6) is 4.03. The van der Waals surface area contributed by atoms with Crippen LogP contribution in [0.4, 0.5) is 5.69 Å². The van der Waals surface area contributed by atoms with Gasteiger partial charge in [-0.2, -0.15) is 0 Å². The lowest BCUT2D eigenvalue weighted by atomic mass is 9.55. The molecule has 5 rings (SSSR count). The van der Waals surface area contributed by atoms with E-state index >= 15 is 0 Å². The molecule has 3 nitrogen and oxygen atoms in total. The van der Waals surface area contributed by atoms with E-state index in [1.54, 1.807) is 12.1 Å². The summed E-state index contributed by atoms with van der Waals surface area (Å²) in [6.07, 6.45) is 7.71. The molecule has 3 heteroatoms. The van der Waals surface area contributed by atoms with Crippen LogP contribution in [0.2, 0.25) is 0 Å². The van der Waals surface area contributed by atoms with Crippen molar-refractivity contribution in [2.75, 3.05) is 18.5 Å². The fourth-order valence-corrected chi connectivity index (χ4v) is 5.12. The van der Waals surface area contributed by atoms with Gasteiger partial charge in [-0.05, 0) is 80.0 Å². The average molecular weight is 287 g/mol. The van der Waals surface area contributed by atoms with E-state index in [4.69, 9.17) is 4.74 Å². The van der Waals surface area contributed by atoms with Crippen LogP contribution < -0.4 is 5.32 Å². The van der Waals surface area contributed by atoms with Crippen molar-refractivity contribution in [1.82, 2.24) is 0 Å². The van der Waals surface area contributed by atoms with Crippen molar-refractivity contribution in [3.8, 4) is 5.75 Å². The zero-order valence-corrected chi connectivity index (χ0v) is 12.5. The fourth-order valence-electron chi connectivity index (χ4n) is 5.12. The van der Waals surface area contributed by atoms with E-state index in [1.807, 2.05) is 12.1 Å². The highest BCUT2D eigenvalue weighted by Gasteiger charge is 2.48. The van der Waals surface area contributed by atoms with Crippen LogP contribution in [0.1, 0.15) is 32.1 Å². The summed E-state index contributed by atoms with van der Waals surface area (Å²) in [7, 11) is 0. The molecule has 2 N–H and O–H groups in total. The summed E-state index contributed by atoms with van der Waals surface area (Å²) in [4.78, 5) is 0. The van der Waals surface area contributed by atoms with Crippen LogP contribution in [0.3, 0.4) is 0 Å². The van der Waals surface area contributed by atoms with Crippen molar-refractivity contribution in [2.24, 2.45) is 23.7 Å². The normalized spacial score (nSPS) is 36.9. The third kappa shape index (κ3) is 2.76. The molecular formula is C18H25NO2. The Balaban J connectivity index is 1.25. The van der Waals surface area contributed by atoms with Gasteiger partial charge in [0.1, 0.15) is 5.75 Å². The van der Waals surface area contributed by atoms with Crippen molar-refractivity contribution in [3.05, 3.63) is 24.3 Å². The second kappa shape index (κ2) is 5.53. The van der Waals surface area contributed by atoms with Gasteiger partial charge in [0, 0.05) is 12.2 Å². The molecule has 4 saturated carbocycles. The van der Waals surface area contributed by atoms with Gasteiger partial charge in [-0.15, -0.1) is 0 Å². The fraction of sp³-hybridized carbons (Fsp3) is 0.667. The van der Waals surface area contributed by atoms with Gasteiger partial charge < -0.3 is 15.2 Å². The number of phenolic OH excluding ortho intramolecular Hbond substituents is 1. The molecule has 0 amide bonds. The minimum atomic E-state index is 0.311. The number of hydrogen-bond acceptors (Lipinski definition) is 3. The monoisotopic (exact) mass is 287 g/mol. The van der Waals surface area contributed by atoms with Gasteiger partial charge in [0.15, 0.2) is 0 Å². The Morgan fingerprint density at radius 2 is 1.57 bits per heavy atom. The third-order valence-electron chi connectivity index (χ3n) is 5.75. The predicted molar refractivity (Wildman–Crippen MR) is 83.4 cm³/mol. The maximum Gasteiger partial charge on any atom is 0.115 e. The smallest absolute Gasteiger partial charge is 0.115 e. The lowest BCUT2D eigenvalue weighted by molar-refractivity contribution is -0.123. The van der Waals surface area contributed by atoms with Crippen molar-refractivity contribution in [1.29, 1.82) is 0 Å². The molecule has 0 radical (unpaired) electrons. The minimum absolute atomic E-state index is 0.311. The first kappa shape index (κ1) is 13.4. The Bertz CT molecular complexity index is 456. The Morgan fingerprint density at radius 1 is 0.952 bits per heavy atom. The van der Waals surface area contributed by atoms with E-state index in [-0.39, 0.29) is 0 Å². The molecule has 21 heavy (non-hydrogen) atoms. The Hall–Kier alpha value is -1.22.